The van der Waals surface area contributed by atoms with Crippen LogP contribution in [0.5, 0.6) is 5.88 Å². The van der Waals surface area contributed by atoms with Crippen LogP contribution >= 0.6 is 11.6 Å². The third-order valence-electron chi connectivity index (χ3n) is 6.19. The first-order valence-electron chi connectivity index (χ1n) is 10.3. The largest absolute Gasteiger partial charge is 0.447 e. The van der Waals surface area contributed by atoms with Crippen LogP contribution in [0.1, 0.15) is 11.1 Å². The SMILES string of the molecule is CN1C(=O)[C@@]2(C=COc3c2c(-c2ccc(Cl)cc2)nn3-c2ccccc2)c2ccccc21. The number of nitrogens with zero attached hydrogens (tertiary/aromatic N) is 3. The zero-order valence-corrected chi connectivity index (χ0v) is 18.0. The minimum Gasteiger partial charge on any atom is -0.447 e. The maximum atomic E-state index is 13.8. The van der Waals surface area contributed by atoms with Gasteiger partial charge in [-0.1, -0.05) is 60.1 Å². The Labute approximate surface area is 190 Å². The zero-order valence-electron chi connectivity index (χ0n) is 17.2. The number of hydrogen-bond acceptors (Lipinski definition) is 3. The fraction of sp³-hybridized carbons (Fsp3) is 0.0769. The normalized spacial score (nSPS) is 18.6. The van der Waals surface area contributed by atoms with Gasteiger partial charge in [0.15, 0.2) is 0 Å². The number of fused-ring (bicyclic) bond motifs is 4. The van der Waals surface area contributed by atoms with Crippen LogP contribution in [-0.4, -0.2) is 22.7 Å². The molecule has 32 heavy (non-hydrogen) atoms. The van der Waals surface area contributed by atoms with Crippen LogP contribution in [0.15, 0.2) is 91.2 Å². The molecule has 4 aromatic rings. The number of amides is 1. The quantitative estimate of drug-likeness (QED) is 0.422. The highest BCUT2D eigenvalue weighted by molar-refractivity contribution is 6.30. The first-order valence-corrected chi connectivity index (χ1v) is 10.7. The molecule has 6 rings (SSSR count). The third kappa shape index (κ3) is 2.46. The lowest BCUT2D eigenvalue weighted by Gasteiger charge is -2.28. The van der Waals surface area contributed by atoms with Gasteiger partial charge in [0.25, 0.3) is 0 Å². The highest BCUT2D eigenvalue weighted by Gasteiger charge is 2.55. The summed E-state index contributed by atoms with van der Waals surface area (Å²) in [6, 6.07) is 25.1. The number of rotatable bonds is 2. The molecule has 0 N–H and O–H groups in total. The van der Waals surface area contributed by atoms with E-state index >= 15 is 0 Å². The highest BCUT2D eigenvalue weighted by atomic mass is 35.5. The van der Waals surface area contributed by atoms with E-state index in [1.807, 2.05) is 92.0 Å². The average molecular weight is 440 g/mol. The van der Waals surface area contributed by atoms with E-state index in [-0.39, 0.29) is 5.91 Å². The van der Waals surface area contributed by atoms with Gasteiger partial charge in [0.05, 0.1) is 17.5 Å². The number of benzene rings is 3. The maximum absolute atomic E-state index is 13.8. The van der Waals surface area contributed by atoms with Crippen LogP contribution in [-0.2, 0) is 10.2 Å². The summed E-state index contributed by atoms with van der Waals surface area (Å²) < 4.78 is 7.81. The Morgan fingerprint density at radius 1 is 0.938 bits per heavy atom. The number of halogens is 1. The predicted molar refractivity (Wildman–Crippen MR) is 124 cm³/mol. The van der Waals surface area contributed by atoms with Crippen molar-refractivity contribution in [3.8, 4) is 22.8 Å². The van der Waals surface area contributed by atoms with Gasteiger partial charge in [-0.2, -0.15) is 9.78 Å². The average Bonchev–Trinajstić information content (AvgIpc) is 3.32. The molecule has 0 fully saturated rings. The standard InChI is InChI=1S/C26H18ClN3O2/c1-29-21-10-6-5-9-20(21)26(25(29)31)15-16-32-24-22(26)23(17-11-13-18(27)14-12-17)28-30(24)19-7-3-2-4-8-19/h2-16H,1H3/t26-/m0/s1. The number of para-hydroxylation sites is 2. The van der Waals surface area contributed by atoms with Crippen molar-refractivity contribution in [1.82, 2.24) is 9.78 Å². The van der Waals surface area contributed by atoms with Gasteiger partial charge in [0.1, 0.15) is 11.1 Å². The van der Waals surface area contributed by atoms with Crippen LogP contribution in [0.4, 0.5) is 5.69 Å². The van der Waals surface area contributed by atoms with E-state index in [1.54, 1.807) is 15.8 Å². The fourth-order valence-corrected chi connectivity index (χ4v) is 4.82. The fourth-order valence-electron chi connectivity index (χ4n) is 4.70. The van der Waals surface area contributed by atoms with Gasteiger partial charge in [0, 0.05) is 28.9 Å². The molecule has 6 heteroatoms. The molecule has 0 unspecified atom stereocenters. The smallest absolute Gasteiger partial charge is 0.246 e. The van der Waals surface area contributed by atoms with Crippen molar-refractivity contribution in [3.63, 3.8) is 0 Å². The molecule has 3 heterocycles. The van der Waals surface area contributed by atoms with Crippen LogP contribution in [0, 0.1) is 0 Å². The number of aromatic nitrogens is 2. The molecule has 156 valence electrons. The highest BCUT2D eigenvalue weighted by Crippen LogP contribution is 2.54. The van der Waals surface area contributed by atoms with E-state index in [0.29, 0.717) is 16.6 Å². The van der Waals surface area contributed by atoms with E-state index < -0.39 is 5.41 Å². The van der Waals surface area contributed by atoms with E-state index in [1.165, 1.54) is 0 Å². The van der Waals surface area contributed by atoms with Crippen molar-refractivity contribution in [1.29, 1.82) is 0 Å². The number of likely N-dealkylation sites (N-methyl/N-ethyl adjacent to an activating group) is 1. The number of ether oxygens (including phenoxy) is 1. The van der Waals surface area contributed by atoms with Gasteiger partial charge in [-0.05, 0) is 36.4 Å². The lowest BCUT2D eigenvalue weighted by Crippen LogP contribution is -2.39. The Morgan fingerprint density at radius 2 is 1.66 bits per heavy atom. The Balaban J connectivity index is 1.71. The van der Waals surface area contributed by atoms with Crippen molar-refractivity contribution >= 4 is 23.2 Å². The molecule has 1 spiro atoms. The summed E-state index contributed by atoms with van der Waals surface area (Å²) in [5.41, 5.74) is 3.89. The number of carbonyl (C=O) groups is 1. The second-order valence-electron chi connectivity index (χ2n) is 7.89. The molecule has 3 aromatic carbocycles. The molecule has 0 aliphatic carbocycles. The maximum Gasteiger partial charge on any atom is 0.246 e. The molecule has 0 radical (unpaired) electrons. The zero-order chi connectivity index (χ0) is 21.9. The van der Waals surface area contributed by atoms with Crippen LogP contribution in [0.3, 0.4) is 0 Å². The van der Waals surface area contributed by atoms with Crippen molar-refractivity contribution in [3.05, 3.63) is 107 Å². The van der Waals surface area contributed by atoms with Crippen molar-refractivity contribution in [2.75, 3.05) is 11.9 Å². The summed E-state index contributed by atoms with van der Waals surface area (Å²) in [6.45, 7) is 0. The van der Waals surface area contributed by atoms with Gasteiger partial charge < -0.3 is 9.64 Å². The van der Waals surface area contributed by atoms with E-state index in [2.05, 4.69) is 0 Å². The topological polar surface area (TPSA) is 47.4 Å². The number of anilines is 1. The lowest BCUT2D eigenvalue weighted by molar-refractivity contribution is -0.120. The van der Waals surface area contributed by atoms with Crippen LogP contribution in [0.25, 0.3) is 16.9 Å². The molecule has 2 aliphatic rings. The molecule has 1 aromatic heterocycles. The summed E-state index contributed by atoms with van der Waals surface area (Å²) in [6.07, 6.45) is 3.44. The minimum atomic E-state index is -1.03. The van der Waals surface area contributed by atoms with E-state index in [4.69, 9.17) is 21.4 Å². The molecule has 0 saturated carbocycles. The summed E-state index contributed by atoms with van der Waals surface area (Å²) in [5.74, 6) is 0.490. The summed E-state index contributed by atoms with van der Waals surface area (Å²) >= 11 is 6.15. The molecule has 1 atom stereocenters. The Morgan fingerprint density at radius 3 is 2.44 bits per heavy atom. The molecular weight excluding hydrogens is 422 g/mol. The third-order valence-corrected chi connectivity index (χ3v) is 6.44. The predicted octanol–water partition coefficient (Wildman–Crippen LogP) is 5.36. The molecule has 0 saturated heterocycles. The Hall–Kier alpha value is -3.83. The van der Waals surface area contributed by atoms with Gasteiger partial charge in [-0.15, -0.1) is 0 Å². The number of hydrogen-bond donors (Lipinski definition) is 0. The van der Waals surface area contributed by atoms with Crippen molar-refractivity contribution in [2.45, 2.75) is 5.41 Å². The van der Waals surface area contributed by atoms with Gasteiger partial charge in [-0.3, -0.25) is 4.79 Å². The summed E-state index contributed by atoms with van der Waals surface area (Å²) in [7, 11) is 1.81. The first kappa shape index (κ1) is 18.9. The molecule has 5 nitrogen and oxygen atoms in total. The first-order chi connectivity index (χ1) is 15.6. The van der Waals surface area contributed by atoms with E-state index in [9.17, 15) is 4.79 Å². The minimum absolute atomic E-state index is 0.0395. The monoisotopic (exact) mass is 439 g/mol. The molecule has 2 aliphatic heterocycles. The Kier molecular flexibility index (Phi) is 4.04. The Bertz CT molecular complexity index is 1390. The molecular formula is C26H18ClN3O2. The van der Waals surface area contributed by atoms with Crippen molar-refractivity contribution < 1.29 is 9.53 Å². The van der Waals surface area contributed by atoms with Crippen LogP contribution in [0.2, 0.25) is 5.02 Å². The van der Waals surface area contributed by atoms with Crippen LogP contribution < -0.4 is 9.64 Å². The van der Waals surface area contributed by atoms with E-state index in [0.717, 1.165) is 28.1 Å². The molecule has 1 amide bonds. The summed E-state index contributed by atoms with van der Waals surface area (Å²) in [4.78, 5) is 15.6. The summed E-state index contributed by atoms with van der Waals surface area (Å²) in [5, 5.41) is 5.59. The van der Waals surface area contributed by atoms with Crippen molar-refractivity contribution in [2.24, 2.45) is 0 Å². The van der Waals surface area contributed by atoms with Gasteiger partial charge in [-0.25, -0.2) is 0 Å². The lowest BCUT2D eigenvalue weighted by atomic mass is 9.73. The second-order valence-corrected chi connectivity index (χ2v) is 8.33. The van der Waals surface area contributed by atoms with Gasteiger partial charge in [0.2, 0.25) is 11.8 Å². The van der Waals surface area contributed by atoms with Gasteiger partial charge >= 0.3 is 0 Å². The second kappa shape index (κ2) is 6.84. The molecule has 0 bridgehead atoms. The number of carbonyl (C=O) groups excluding carboxylic acids is 1.